The summed E-state index contributed by atoms with van der Waals surface area (Å²) >= 11 is 0. The Bertz CT molecular complexity index is 3240. The van der Waals surface area contributed by atoms with Gasteiger partial charge in [0.25, 0.3) is 0 Å². The van der Waals surface area contributed by atoms with Gasteiger partial charge in [-0.15, -0.1) is 0 Å². The molecule has 0 unspecified atom stereocenters. The molecule has 8 aromatic rings. The second-order valence-corrected chi connectivity index (χ2v) is 8.01. The van der Waals surface area contributed by atoms with Crippen molar-refractivity contribution in [3.63, 3.8) is 0 Å². The molecule has 0 fully saturated rings. The third-order valence-corrected chi connectivity index (χ3v) is 6.06. The van der Waals surface area contributed by atoms with Crippen molar-refractivity contribution in [1.82, 2.24) is 0 Å². The summed E-state index contributed by atoms with van der Waals surface area (Å²) in [6.07, 6.45) is 0. The third kappa shape index (κ3) is 2.98. The maximum absolute atomic E-state index is 9.64. The summed E-state index contributed by atoms with van der Waals surface area (Å²) in [5.74, 6) is 0. The van der Waals surface area contributed by atoms with Gasteiger partial charge in [-0.25, -0.2) is 0 Å². The van der Waals surface area contributed by atoms with Crippen molar-refractivity contribution in [3.8, 4) is 22.3 Å². The average Bonchev–Trinajstić information content (AvgIpc) is 3.61. The molecule has 0 radical (unpaired) electrons. The first kappa shape index (κ1) is 8.33. The lowest BCUT2D eigenvalue weighted by Crippen LogP contribution is -1.90. The normalized spacial score (nSPS) is 20.1. The molecule has 0 aliphatic carbocycles. The van der Waals surface area contributed by atoms with Crippen LogP contribution >= 0.6 is 0 Å². The van der Waals surface area contributed by atoms with Gasteiger partial charge in [0.2, 0.25) is 0 Å². The highest BCUT2D eigenvalue weighted by atomic mass is 16.3. The molecule has 7 aromatic carbocycles. The Morgan fingerprint density at radius 1 is 0.405 bits per heavy atom. The summed E-state index contributed by atoms with van der Waals surface area (Å²) < 4.78 is 199. The zero-order valence-corrected chi connectivity index (χ0v) is 18.4. The molecule has 0 spiro atoms. The third-order valence-electron chi connectivity index (χ3n) is 6.06. The maximum Gasteiger partial charge on any atom is 0.143 e. The van der Waals surface area contributed by atoms with Crippen LogP contribution in [0.2, 0.25) is 0 Å². The predicted octanol–water partition coefficient (Wildman–Crippen LogP) is 10.4. The van der Waals surface area contributed by atoms with E-state index in [-0.39, 0.29) is 5.39 Å². The molecule has 1 heterocycles. The maximum atomic E-state index is 9.64. The van der Waals surface area contributed by atoms with Crippen molar-refractivity contribution in [1.29, 1.82) is 0 Å². The number of fused-ring (bicyclic) bond motifs is 7. The topological polar surface area (TPSA) is 13.1 Å². The van der Waals surface area contributed by atoms with Crippen molar-refractivity contribution in [2.24, 2.45) is 0 Å². The minimum absolute atomic E-state index is 0.364. The van der Waals surface area contributed by atoms with Gasteiger partial charge in [-0.1, -0.05) is 115 Å². The average molecular weight is 493 g/mol. The molecule has 1 heteroatoms. The molecule has 1 aromatic heterocycles. The van der Waals surface area contributed by atoms with E-state index in [0.29, 0.717) is 0 Å². The van der Waals surface area contributed by atoms with Crippen LogP contribution in [0.15, 0.2) is 137 Å². The molecule has 0 aliphatic heterocycles. The molecule has 37 heavy (non-hydrogen) atoms. The van der Waals surface area contributed by atoms with Crippen molar-refractivity contribution >= 4 is 54.3 Å². The Morgan fingerprint density at radius 3 is 1.65 bits per heavy atom. The van der Waals surface area contributed by atoms with E-state index < -0.39 is 204 Å². The first-order chi connectivity index (χ1) is 27.5. The second kappa shape index (κ2) is 7.81. The van der Waals surface area contributed by atoms with E-state index in [0.717, 1.165) is 0 Å². The number of rotatable bonds is 2. The lowest BCUT2D eigenvalue weighted by Gasteiger charge is -2.17. The van der Waals surface area contributed by atoms with E-state index >= 15 is 0 Å². The van der Waals surface area contributed by atoms with Gasteiger partial charge >= 0.3 is 0 Å². The van der Waals surface area contributed by atoms with E-state index in [9.17, 15) is 5.48 Å². The molecule has 172 valence electrons. The van der Waals surface area contributed by atoms with Gasteiger partial charge in [-0.2, -0.15) is 0 Å². The zero-order valence-electron chi connectivity index (χ0n) is 40.4. The smallest absolute Gasteiger partial charge is 0.143 e. The predicted molar refractivity (Wildman–Crippen MR) is 157 cm³/mol. The van der Waals surface area contributed by atoms with Crippen LogP contribution in [0.3, 0.4) is 0 Å². The molecule has 8 rings (SSSR count). The van der Waals surface area contributed by atoms with E-state index in [1.54, 1.807) is 0 Å². The van der Waals surface area contributed by atoms with Crippen LogP contribution in [-0.2, 0) is 0 Å². The Morgan fingerprint density at radius 2 is 0.973 bits per heavy atom. The molecule has 0 saturated carbocycles. The number of hydrogen-bond acceptors (Lipinski definition) is 1. The minimum atomic E-state index is -0.900. The molecular weight excluding hydrogens is 448 g/mol. The SMILES string of the molecule is [2H]c1c([2H])c([2H])c(-c2c3c([2H])c([2H])c([2H])c([2H])c3c(-c3c([2H])c([2H])c4oc5c6c([2H])c([2H])c([2H])c([2H])c6c([2H])c([2H])c5c4c3[2H])c3c([2H])c([2H])c([2H])c([2H])c23)c([2H])c1[2H]. The first-order valence-corrected chi connectivity index (χ1v) is 10.9. The van der Waals surface area contributed by atoms with Crippen molar-refractivity contribution in [2.45, 2.75) is 0 Å². The zero-order chi connectivity index (χ0) is 43.5. The Kier molecular flexibility index (Phi) is 1.76. The molecule has 0 amide bonds. The van der Waals surface area contributed by atoms with Crippen LogP contribution in [0.4, 0.5) is 0 Å². The fraction of sp³-hybridized carbons (Fsp3) is 0. The minimum Gasteiger partial charge on any atom is -0.455 e. The monoisotopic (exact) mass is 492 g/mol. The van der Waals surface area contributed by atoms with Gasteiger partial charge < -0.3 is 4.42 Å². The van der Waals surface area contributed by atoms with Gasteiger partial charge in [-0.05, 0) is 67.3 Å². The van der Waals surface area contributed by atoms with Crippen LogP contribution in [0.25, 0.3) is 76.5 Å². The van der Waals surface area contributed by atoms with Crippen LogP contribution in [0.1, 0.15) is 30.2 Å². The number of furan rings is 1. The fourth-order valence-corrected chi connectivity index (χ4v) is 4.54. The lowest BCUT2D eigenvalue weighted by atomic mass is 9.86. The van der Waals surface area contributed by atoms with Crippen molar-refractivity contribution in [2.75, 3.05) is 0 Å². The van der Waals surface area contributed by atoms with Gasteiger partial charge in [-0.3, -0.25) is 0 Å². The van der Waals surface area contributed by atoms with E-state index in [4.69, 9.17) is 29.1 Å². The summed E-state index contributed by atoms with van der Waals surface area (Å²) in [4.78, 5) is 0. The summed E-state index contributed by atoms with van der Waals surface area (Å²) in [6, 6.07) is -18.1. The highest BCUT2D eigenvalue weighted by molar-refractivity contribution is 6.22. The lowest BCUT2D eigenvalue weighted by molar-refractivity contribution is 0.672. The first-order valence-electron chi connectivity index (χ1n) is 21.9. The van der Waals surface area contributed by atoms with Crippen LogP contribution in [-0.4, -0.2) is 0 Å². The summed E-state index contributed by atoms with van der Waals surface area (Å²) in [5, 5.41) is -4.05. The molecule has 0 saturated heterocycles. The Labute approximate surface area is 245 Å². The largest absolute Gasteiger partial charge is 0.455 e. The van der Waals surface area contributed by atoms with Crippen LogP contribution in [0, 0.1) is 0 Å². The fourth-order valence-electron chi connectivity index (χ4n) is 4.54. The van der Waals surface area contributed by atoms with Gasteiger partial charge in [0.15, 0.2) is 0 Å². The molecule has 1 nitrogen and oxygen atoms in total. The van der Waals surface area contributed by atoms with E-state index in [2.05, 4.69) is 0 Å². The van der Waals surface area contributed by atoms with E-state index in [1.165, 1.54) is 0 Å². The highest BCUT2D eigenvalue weighted by Crippen LogP contribution is 2.45. The Balaban J connectivity index is 1.74. The molecular formula is C36H22O. The quantitative estimate of drug-likeness (QED) is 0.219. The Hall–Kier alpha value is -4.88. The number of hydrogen-bond donors (Lipinski definition) is 0. The molecule has 0 N–H and O–H groups in total. The van der Waals surface area contributed by atoms with Crippen molar-refractivity contribution in [3.05, 3.63) is 133 Å². The highest BCUT2D eigenvalue weighted by Gasteiger charge is 2.18. The number of benzene rings is 7. The van der Waals surface area contributed by atoms with Crippen LogP contribution < -0.4 is 0 Å². The second-order valence-electron chi connectivity index (χ2n) is 8.01. The molecule has 0 bridgehead atoms. The molecule has 0 aliphatic rings. The van der Waals surface area contributed by atoms with E-state index in [1.807, 2.05) is 0 Å². The van der Waals surface area contributed by atoms with Gasteiger partial charge in [0.1, 0.15) is 11.2 Å². The summed E-state index contributed by atoms with van der Waals surface area (Å²) in [6.45, 7) is 0. The molecule has 0 atom stereocenters. The standard InChI is InChI=1S/C36H22O/c1-2-11-24(12-3-1)34-27-14-6-8-16-29(27)35(30-17-9-7-15-28(30)34)25-19-21-33-32(22-25)31-20-18-23-10-4-5-13-26(23)36(31)37-33/h1-22H/i1D,2D,3D,4D,5D,6D,7D,8D,9D,10D,11D,12D,13D,14D,15D,16D,17D,18D,19D,20D,21D,22D. The van der Waals surface area contributed by atoms with Crippen molar-refractivity contribution < 1.29 is 34.6 Å². The van der Waals surface area contributed by atoms with Gasteiger partial charge in [0, 0.05) is 16.2 Å². The van der Waals surface area contributed by atoms with Gasteiger partial charge in [0.05, 0.1) is 30.2 Å². The summed E-state index contributed by atoms with van der Waals surface area (Å²) in [7, 11) is 0. The van der Waals surface area contributed by atoms with Crippen LogP contribution in [0.5, 0.6) is 0 Å². The summed E-state index contributed by atoms with van der Waals surface area (Å²) in [5.41, 5.74) is -3.53.